The summed E-state index contributed by atoms with van der Waals surface area (Å²) in [6.07, 6.45) is 1.15. The minimum absolute atomic E-state index is 0.176. The topological polar surface area (TPSA) is 34.9 Å². The molecule has 3 nitrogen and oxygen atoms in total. The first kappa shape index (κ1) is 14.8. The summed E-state index contributed by atoms with van der Waals surface area (Å²) in [6.45, 7) is 8.11. The second-order valence-electron chi connectivity index (χ2n) is 6.48. The molecule has 0 aliphatic heterocycles. The van der Waals surface area contributed by atoms with Crippen molar-refractivity contribution in [2.45, 2.75) is 58.9 Å². The first-order valence-electron chi connectivity index (χ1n) is 5.87. The zero-order valence-electron chi connectivity index (χ0n) is 11.7. The third-order valence-electron chi connectivity index (χ3n) is 2.65. The standard InChI is InChI=1S/C13H20F2N2O/c1-12(2,3)8-7-17(11(14)15)16-10(9(8)18)13(4,5)6/h7,11H,1-6H3. The van der Waals surface area contributed by atoms with Gasteiger partial charge in [-0.25, -0.2) is 4.68 Å². The van der Waals surface area contributed by atoms with Crippen molar-refractivity contribution >= 4 is 0 Å². The number of halogens is 2. The van der Waals surface area contributed by atoms with Crippen molar-refractivity contribution in [2.75, 3.05) is 0 Å². The molecule has 5 heteroatoms. The minimum atomic E-state index is -2.74. The van der Waals surface area contributed by atoms with Crippen LogP contribution in [-0.2, 0) is 10.8 Å². The van der Waals surface area contributed by atoms with Gasteiger partial charge in [-0.05, 0) is 5.41 Å². The van der Waals surface area contributed by atoms with Crippen molar-refractivity contribution in [3.05, 3.63) is 27.7 Å². The molecule has 0 spiro atoms. The summed E-state index contributed by atoms with van der Waals surface area (Å²) in [5, 5.41) is 3.77. The molecule has 0 aliphatic carbocycles. The van der Waals surface area contributed by atoms with E-state index in [-0.39, 0.29) is 11.1 Å². The van der Waals surface area contributed by atoms with Crippen LogP contribution in [-0.4, -0.2) is 9.78 Å². The van der Waals surface area contributed by atoms with Crippen LogP contribution in [0, 0.1) is 0 Å². The fourth-order valence-electron chi connectivity index (χ4n) is 1.63. The van der Waals surface area contributed by atoms with E-state index in [4.69, 9.17) is 0 Å². The van der Waals surface area contributed by atoms with E-state index in [1.54, 1.807) is 20.8 Å². The maximum Gasteiger partial charge on any atom is 0.333 e. The molecule has 102 valence electrons. The Morgan fingerprint density at radius 3 is 1.94 bits per heavy atom. The predicted molar refractivity (Wildman–Crippen MR) is 67.2 cm³/mol. The molecular formula is C13H20F2N2O. The monoisotopic (exact) mass is 258 g/mol. The molecule has 0 aliphatic rings. The highest BCUT2D eigenvalue weighted by atomic mass is 19.3. The molecule has 1 rings (SSSR count). The minimum Gasteiger partial charge on any atom is -0.287 e. The number of nitrogens with zero attached hydrogens (tertiary/aromatic N) is 2. The molecular weight excluding hydrogens is 238 g/mol. The molecule has 0 bridgehead atoms. The molecule has 0 radical (unpaired) electrons. The van der Waals surface area contributed by atoms with Crippen LogP contribution in [0.2, 0.25) is 0 Å². The van der Waals surface area contributed by atoms with Crippen LogP contribution in [0.25, 0.3) is 0 Å². The summed E-state index contributed by atoms with van der Waals surface area (Å²) in [4.78, 5) is 12.3. The zero-order valence-corrected chi connectivity index (χ0v) is 11.7. The summed E-state index contributed by atoms with van der Waals surface area (Å²) < 4.78 is 26.2. The molecule has 0 fully saturated rings. The number of rotatable bonds is 1. The van der Waals surface area contributed by atoms with Gasteiger partial charge in [-0.15, -0.1) is 0 Å². The molecule has 0 unspecified atom stereocenters. The van der Waals surface area contributed by atoms with Gasteiger partial charge >= 0.3 is 6.55 Å². The first-order chi connectivity index (χ1) is 7.94. The summed E-state index contributed by atoms with van der Waals surface area (Å²) in [6, 6.07) is 0. The fraction of sp³-hybridized carbons (Fsp3) is 0.692. The highest BCUT2D eigenvalue weighted by Crippen LogP contribution is 2.24. The average Bonchev–Trinajstić information content (AvgIpc) is 2.13. The van der Waals surface area contributed by atoms with Crippen LogP contribution in [0.15, 0.2) is 11.0 Å². The van der Waals surface area contributed by atoms with Crippen molar-refractivity contribution in [1.82, 2.24) is 9.78 Å². The quantitative estimate of drug-likeness (QED) is 0.775. The number of hydrogen-bond acceptors (Lipinski definition) is 2. The number of hydrogen-bond donors (Lipinski definition) is 0. The smallest absolute Gasteiger partial charge is 0.287 e. The number of alkyl halides is 2. The molecule has 0 N–H and O–H groups in total. The second-order valence-corrected chi connectivity index (χ2v) is 6.48. The summed E-state index contributed by atoms with van der Waals surface area (Å²) >= 11 is 0. The van der Waals surface area contributed by atoms with Crippen molar-refractivity contribution in [3.8, 4) is 0 Å². The Kier molecular flexibility index (Phi) is 3.65. The van der Waals surface area contributed by atoms with E-state index in [1.165, 1.54) is 0 Å². The molecule has 0 saturated carbocycles. The van der Waals surface area contributed by atoms with E-state index in [2.05, 4.69) is 5.10 Å². The van der Waals surface area contributed by atoms with Gasteiger partial charge in [-0.3, -0.25) is 4.79 Å². The largest absolute Gasteiger partial charge is 0.333 e. The lowest BCUT2D eigenvalue weighted by Gasteiger charge is -2.24. The Hall–Kier alpha value is -1.26. The molecule has 0 saturated heterocycles. The molecule has 0 amide bonds. The molecule has 1 aromatic heterocycles. The van der Waals surface area contributed by atoms with Gasteiger partial charge in [-0.1, -0.05) is 41.5 Å². The van der Waals surface area contributed by atoms with Crippen LogP contribution >= 0.6 is 0 Å². The summed E-state index contributed by atoms with van der Waals surface area (Å²) in [5.41, 5.74) is -0.754. The van der Waals surface area contributed by atoms with Gasteiger partial charge in [0.1, 0.15) is 5.69 Å². The molecule has 18 heavy (non-hydrogen) atoms. The fourth-order valence-corrected chi connectivity index (χ4v) is 1.63. The van der Waals surface area contributed by atoms with Crippen LogP contribution in [0.4, 0.5) is 8.78 Å². The van der Waals surface area contributed by atoms with E-state index >= 15 is 0 Å². The van der Waals surface area contributed by atoms with Gasteiger partial charge < -0.3 is 0 Å². The Morgan fingerprint density at radius 2 is 1.61 bits per heavy atom. The summed E-state index contributed by atoms with van der Waals surface area (Å²) in [7, 11) is 0. The van der Waals surface area contributed by atoms with Gasteiger partial charge in [-0.2, -0.15) is 13.9 Å². The van der Waals surface area contributed by atoms with Gasteiger partial charge in [0, 0.05) is 17.2 Å². The lowest BCUT2D eigenvalue weighted by molar-refractivity contribution is 0.0527. The lowest BCUT2D eigenvalue weighted by atomic mass is 9.84. The van der Waals surface area contributed by atoms with E-state index in [0.29, 0.717) is 10.2 Å². The number of aromatic nitrogens is 2. The third kappa shape index (κ3) is 2.94. The highest BCUT2D eigenvalue weighted by molar-refractivity contribution is 5.25. The van der Waals surface area contributed by atoms with E-state index in [0.717, 1.165) is 6.20 Å². The zero-order chi connectivity index (χ0) is 14.3. The van der Waals surface area contributed by atoms with E-state index in [9.17, 15) is 13.6 Å². The second kappa shape index (κ2) is 4.44. The predicted octanol–water partition coefficient (Wildman–Crippen LogP) is 3.23. The molecule has 1 heterocycles. The van der Waals surface area contributed by atoms with Gasteiger partial charge in [0.15, 0.2) is 0 Å². The maximum absolute atomic E-state index is 12.8. The van der Waals surface area contributed by atoms with E-state index < -0.39 is 17.4 Å². The van der Waals surface area contributed by atoms with Crippen LogP contribution in [0.5, 0.6) is 0 Å². The van der Waals surface area contributed by atoms with Crippen LogP contribution in [0.3, 0.4) is 0 Å². The maximum atomic E-state index is 12.8. The molecule has 0 aromatic carbocycles. The van der Waals surface area contributed by atoms with Crippen molar-refractivity contribution in [3.63, 3.8) is 0 Å². The van der Waals surface area contributed by atoms with Crippen molar-refractivity contribution in [1.29, 1.82) is 0 Å². The Morgan fingerprint density at radius 1 is 1.11 bits per heavy atom. The third-order valence-corrected chi connectivity index (χ3v) is 2.65. The van der Waals surface area contributed by atoms with Crippen LogP contribution < -0.4 is 5.43 Å². The van der Waals surface area contributed by atoms with E-state index in [1.807, 2.05) is 20.8 Å². The van der Waals surface area contributed by atoms with Gasteiger partial charge in [0.25, 0.3) is 0 Å². The lowest BCUT2D eigenvalue weighted by Crippen LogP contribution is -2.34. The van der Waals surface area contributed by atoms with Gasteiger partial charge in [0.2, 0.25) is 5.43 Å². The first-order valence-corrected chi connectivity index (χ1v) is 5.87. The SMILES string of the molecule is CC(C)(C)c1cn(C(F)F)nc(C(C)(C)C)c1=O. The Balaban J connectivity index is 3.65. The molecule has 1 aromatic rings. The Bertz CT molecular complexity index is 455. The highest BCUT2D eigenvalue weighted by Gasteiger charge is 2.28. The van der Waals surface area contributed by atoms with Crippen molar-refractivity contribution < 1.29 is 8.78 Å². The molecule has 0 atom stereocenters. The normalized spacial score (nSPS) is 13.2. The van der Waals surface area contributed by atoms with Gasteiger partial charge in [0.05, 0.1) is 0 Å². The van der Waals surface area contributed by atoms with Crippen LogP contribution in [0.1, 0.15) is 59.3 Å². The average molecular weight is 258 g/mol. The Labute approximate surface area is 106 Å². The van der Waals surface area contributed by atoms with Crippen molar-refractivity contribution in [2.24, 2.45) is 0 Å². The summed E-state index contributed by atoms with van der Waals surface area (Å²) in [5.74, 6) is 0.